The fraction of sp³-hybridized carbons (Fsp3) is 0.714. The molecule has 0 aliphatic carbocycles. The molecular formula is C14H25N5. The lowest BCUT2D eigenvalue weighted by molar-refractivity contribution is 0.440. The first kappa shape index (κ1) is 14.1. The van der Waals surface area contributed by atoms with E-state index in [1.165, 1.54) is 12.8 Å². The number of rotatable bonds is 4. The van der Waals surface area contributed by atoms with Gasteiger partial charge < -0.3 is 15.1 Å². The van der Waals surface area contributed by atoms with E-state index in [4.69, 9.17) is 0 Å². The second kappa shape index (κ2) is 6.19. The van der Waals surface area contributed by atoms with Gasteiger partial charge in [-0.2, -0.15) is 0 Å². The summed E-state index contributed by atoms with van der Waals surface area (Å²) in [6, 6.07) is 3.19. The van der Waals surface area contributed by atoms with Gasteiger partial charge in [0.25, 0.3) is 0 Å². The Hall–Kier alpha value is -1.36. The number of hydrogen-bond donors (Lipinski definition) is 1. The van der Waals surface area contributed by atoms with Crippen LogP contribution in [-0.4, -0.2) is 49.2 Å². The molecule has 5 heteroatoms. The Kier molecular flexibility index (Phi) is 4.58. The highest BCUT2D eigenvalue weighted by atomic mass is 15.2. The molecule has 0 atom stereocenters. The molecule has 0 amide bonds. The summed E-state index contributed by atoms with van der Waals surface area (Å²) in [5.74, 6) is 2.04. The lowest BCUT2D eigenvalue weighted by atomic mass is 10.1. The maximum absolute atomic E-state index is 4.42. The average molecular weight is 263 g/mol. The van der Waals surface area contributed by atoms with Crippen LogP contribution < -0.4 is 15.1 Å². The maximum atomic E-state index is 4.42. The van der Waals surface area contributed by atoms with Crippen LogP contribution in [0.3, 0.4) is 0 Å². The molecule has 19 heavy (non-hydrogen) atoms. The average Bonchev–Trinajstić information content (AvgIpc) is 2.46. The molecule has 2 rings (SSSR count). The van der Waals surface area contributed by atoms with E-state index in [2.05, 4.69) is 52.0 Å². The number of nitrogens with one attached hydrogen (secondary N) is 1. The van der Waals surface area contributed by atoms with E-state index in [9.17, 15) is 0 Å². The van der Waals surface area contributed by atoms with Crippen LogP contribution in [0.4, 0.5) is 11.6 Å². The lowest BCUT2D eigenvalue weighted by Crippen LogP contribution is -2.41. The van der Waals surface area contributed by atoms with E-state index in [1.807, 2.05) is 7.05 Å². The molecule has 0 radical (unpaired) electrons. The SMILES string of the molecule is CNC1CCN(c2cc(N(C)C(C)C)ncn2)CC1. The summed E-state index contributed by atoms with van der Waals surface area (Å²) >= 11 is 0. The van der Waals surface area contributed by atoms with Gasteiger partial charge in [0.2, 0.25) is 0 Å². The number of anilines is 2. The van der Waals surface area contributed by atoms with Gasteiger partial charge in [-0.1, -0.05) is 0 Å². The molecule has 1 aromatic rings. The Bertz CT molecular complexity index is 399. The zero-order valence-electron chi connectivity index (χ0n) is 12.4. The Balaban J connectivity index is 2.07. The Morgan fingerprint density at radius 2 is 2.00 bits per heavy atom. The number of piperidine rings is 1. The van der Waals surface area contributed by atoms with Gasteiger partial charge in [-0.25, -0.2) is 9.97 Å². The van der Waals surface area contributed by atoms with E-state index in [0.29, 0.717) is 12.1 Å². The zero-order chi connectivity index (χ0) is 13.8. The fourth-order valence-corrected chi connectivity index (χ4v) is 2.36. The van der Waals surface area contributed by atoms with Crippen LogP contribution in [0, 0.1) is 0 Å². The maximum Gasteiger partial charge on any atom is 0.134 e. The van der Waals surface area contributed by atoms with E-state index in [1.54, 1.807) is 6.33 Å². The highest BCUT2D eigenvalue weighted by Gasteiger charge is 2.19. The van der Waals surface area contributed by atoms with Crippen molar-refractivity contribution in [3.8, 4) is 0 Å². The second-order valence-corrected chi connectivity index (χ2v) is 5.49. The molecule has 1 aliphatic rings. The van der Waals surface area contributed by atoms with Crippen molar-refractivity contribution in [2.24, 2.45) is 0 Å². The number of nitrogens with zero attached hydrogens (tertiary/aromatic N) is 4. The predicted octanol–water partition coefficient (Wildman–Crippen LogP) is 1.51. The van der Waals surface area contributed by atoms with Crippen LogP contribution >= 0.6 is 0 Å². The third kappa shape index (κ3) is 3.35. The minimum Gasteiger partial charge on any atom is -0.357 e. The van der Waals surface area contributed by atoms with Crippen molar-refractivity contribution in [1.29, 1.82) is 0 Å². The van der Waals surface area contributed by atoms with Gasteiger partial charge in [0.05, 0.1) is 0 Å². The first-order valence-corrected chi connectivity index (χ1v) is 7.09. The van der Waals surface area contributed by atoms with Gasteiger partial charge >= 0.3 is 0 Å². The minimum absolute atomic E-state index is 0.442. The highest BCUT2D eigenvalue weighted by molar-refractivity contribution is 5.50. The molecule has 1 aliphatic heterocycles. The largest absolute Gasteiger partial charge is 0.357 e. The smallest absolute Gasteiger partial charge is 0.134 e. The molecule has 1 saturated heterocycles. The van der Waals surface area contributed by atoms with E-state index >= 15 is 0 Å². The monoisotopic (exact) mass is 263 g/mol. The highest BCUT2D eigenvalue weighted by Crippen LogP contribution is 2.21. The molecule has 1 aromatic heterocycles. The molecule has 0 spiro atoms. The standard InChI is InChI=1S/C14H25N5/c1-11(2)18(4)13-9-14(17-10-16-13)19-7-5-12(15-3)6-8-19/h9-12,15H,5-8H2,1-4H3. The predicted molar refractivity (Wildman–Crippen MR) is 79.9 cm³/mol. The molecule has 0 saturated carbocycles. The van der Waals surface area contributed by atoms with Crippen LogP contribution in [0.25, 0.3) is 0 Å². The Morgan fingerprint density at radius 3 is 2.58 bits per heavy atom. The van der Waals surface area contributed by atoms with Crippen molar-refractivity contribution < 1.29 is 0 Å². The Morgan fingerprint density at radius 1 is 1.32 bits per heavy atom. The molecule has 0 bridgehead atoms. The molecule has 1 fully saturated rings. The lowest BCUT2D eigenvalue weighted by Gasteiger charge is -2.33. The van der Waals surface area contributed by atoms with Crippen molar-refractivity contribution >= 4 is 11.6 Å². The quantitative estimate of drug-likeness (QED) is 0.892. The first-order valence-electron chi connectivity index (χ1n) is 7.09. The number of hydrogen-bond acceptors (Lipinski definition) is 5. The van der Waals surface area contributed by atoms with E-state index in [-0.39, 0.29) is 0 Å². The summed E-state index contributed by atoms with van der Waals surface area (Å²) < 4.78 is 0. The molecule has 1 N–H and O–H groups in total. The van der Waals surface area contributed by atoms with Gasteiger partial charge in [0.15, 0.2) is 0 Å². The molecular weight excluding hydrogens is 238 g/mol. The van der Waals surface area contributed by atoms with Gasteiger partial charge in [-0.05, 0) is 33.7 Å². The van der Waals surface area contributed by atoms with Crippen LogP contribution in [0.2, 0.25) is 0 Å². The molecule has 106 valence electrons. The summed E-state index contributed by atoms with van der Waals surface area (Å²) in [4.78, 5) is 13.3. The second-order valence-electron chi connectivity index (χ2n) is 5.49. The third-order valence-electron chi connectivity index (χ3n) is 4.00. The van der Waals surface area contributed by atoms with Crippen molar-refractivity contribution in [3.05, 3.63) is 12.4 Å². The molecule has 2 heterocycles. The molecule has 0 unspecified atom stereocenters. The Labute approximate surface area is 116 Å². The molecule has 5 nitrogen and oxygen atoms in total. The van der Waals surface area contributed by atoms with Crippen molar-refractivity contribution in [1.82, 2.24) is 15.3 Å². The zero-order valence-corrected chi connectivity index (χ0v) is 12.4. The van der Waals surface area contributed by atoms with E-state index < -0.39 is 0 Å². The summed E-state index contributed by atoms with van der Waals surface area (Å²) in [7, 11) is 4.12. The fourth-order valence-electron chi connectivity index (χ4n) is 2.36. The number of aromatic nitrogens is 2. The summed E-state index contributed by atoms with van der Waals surface area (Å²) in [6.07, 6.45) is 4.03. The van der Waals surface area contributed by atoms with Crippen LogP contribution in [0.15, 0.2) is 12.4 Å². The minimum atomic E-state index is 0.442. The topological polar surface area (TPSA) is 44.3 Å². The van der Waals surface area contributed by atoms with Crippen molar-refractivity contribution in [3.63, 3.8) is 0 Å². The van der Waals surface area contributed by atoms with Gasteiger partial charge in [-0.15, -0.1) is 0 Å². The van der Waals surface area contributed by atoms with Crippen LogP contribution in [0.5, 0.6) is 0 Å². The summed E-state index contributed by atoms with van der Waals surface area (Å²) in [5, 5.41) is 3.35. The first-order chi connectivity index (χ1) is 9.11. The van der Waals surface area contributed by atoms with E-state index in [0.717, 1.165) is 24.7 Å². The van der Waals surface area contributed by atoms with Gasteiger partial charge in [-0.3, -0.25) is 0 Å². The van der Waals surface area contributed by atoms with Gasteiger partial charge in [0.1, 0.15) is 18.0 Å². The normalized spacial score (nSPS) is 17.0. The van der Waals surface area contributed by atoms with Crippen LogP contribution in [0.1, 0.15) is 26.7 Å². The van der Waals surface area contributed by atoms with Crippen molar-refractivity contribution in [2.45, 2.75) is 38.8 Å². The third-order valence-corrected chi connectivity index (χ3v) is 4.00. The summed E-state index contributed by atoms with van der Waals surface area (Å²) in [5.41, 5.74) is 0. The molecule has 0 aromatic carbocycles. The van der Waals surface area contributed by atoms with Crippen LogP contribution in [-0.2, 0) is 0 Å². The van der Waals surface area contributed by atoms with Gasteiger partial charge in [0, 0.05) is 38.3 Å². The summed E-state index contributed by atoms with van der Waals surface area (Å²) in [6.45, 7) is 6.46. The van der Waals surface area contributed by atoms with Crippen molar-refractivity contribution in [2.75, 3.05) is 37.0 Å².